The Balaban J connectivity index is 1.93. The Labute approximate surface area is 125 Å². The molecule has 2 aromatic carbocycles. The van der Waals surface area contributed by atoms with Gasteiger partial charge in [-0.25, -0.2) is 0 Å². The van der Waals surface area contributed by atoms with E-state index in [0.717, 1.165) is 17.7 Å². The number of ether oxygens (including phenoxy) is 1. The predicted molar refractivity (Wildman–Crippen MR) is 83.6 cm³/mol. The SMILES string of the molecule is COCc1cccc(C(=O)N2c3ccccc3CC2C)c1. The van der Waals surface area contributed by atoms with Gasteiger partial charge in [-0.1, -0.05) is 30.3 Å². The molecular formula is C18H19NO2. The number of amides is 1. The zero-order chi connectivity index (χ0) is 14.8. The van der Waals surface area contributed by atoms with Gasteiger partial charge in [-0.2, -0.15) is 0 Å². The van der Waals surface area contributed by atoms with Crippen molar-refractivity contribution < 1.29 is 9.53 Å². The number of carbonyl (C=O) groups excluding carboxylic acids is 1. The minimum absolute atomic E-state index is 0.0606. The molecule has 108 valence electrons. The summed E-state index contributed by atoms with van der Waals surface area (Å²) < 4.78 is 5.14. The number of para-hydroxylation sites is 1. The van der Waals surface area contributed by atoms with Crippen LogP contribution >= 0.6 is 0 Å². The molecule has 2 aromatic rings. The van der Waals surface area contributed by atoms with Gasteiger partial charge in [-0.3, -0.25) is 4.79 Å². The number of fused-ring (bicyclic) bond motifs is 1. The maximum Gasteiger partial charge on any atom is 0.258 e. The Morgan fingerprint density at radius 1 is 1.24 bits per heavy atom. The highest BCUT2D eigenvalue weighted by Crippen LogP contribution is 2.33. The van der Waals surface area contributed by atoms with E-state index in [1.807, 2.05) is 47.4 Å². The molecule has 3 rings (SSSR count). The van der Waals surface area contributed by atoms with Crippen molar-refractivity contribution in [3.05, 3.63) is 65.2 Å². The van der Waals surface area contributed by atoms with Crippen LogP contribution in [0.15, 0.2) is 48.5 Å². The summed E-state index contributed by atoms with van der Waals surface area (Å²) in [6.07, 6.45) is 0.916. The monoisotopic (exact) mass is 281 g/mol. The van der Waals surface area contributed by atoms with Crippen molar-refractivity contribution >= 4 is 11.6 Å². The van der Waals surface area contributed by atoms with Crippen LogP contribution < -0.4 is 4.90 Å². The lowest BCUT2D eigenvalue weighted by molar-refractivity contribution is 0.0981. The van der Waals surface area contributed by atoms with Crippen LogP contribution in [0.4, 0.5) is 5.69 Å². The Morgan fingerprint density at radius 2 is 2.05 bits per heavy atom. The molecule has 0 N–H and O–H groups in total. The van der Waals surface area contributed by atoms with E-state index in [4.69, 9.17) is 4.74 Å². The van der Waals surface area contributed by atoms with Crippen LogP contribution in [0, 0.1) is 0 Å². The van der Waals surface area contributed by atoms with Crippen molar-refractivity contribution in [3.63, 3.8) is 0 Å². The molecule has 1 amide bonds. The van der Waals surface area contributed by atoms with Crippen molar-refractivity contribution in [2.45, 2.75) is 26.0 Å². The molecule has 0 bridgehead atoms. The Bertz CT molecular complexity index is 666. The molecule has 3 heteroatoms. The van der Waals surface area contributed by atoms with Gasteiger partial charge < -0.3 is 9.64 Å². The zero-order valence-corrected chi connectivity index (χ0v) is 12.4. The standard InChI is InChI=1S/C18H19NO2/c1-13-10-15-7-3-4-9-17(15)19(13)18(20)16-8-5-6-14(11-16)12-21-2/h3-9,11,13H,10,12H2,1-2H3. The molecule has 0 saturated heterocycles. The molecule has 0 spiro atoms. The number of anilines is 1. The fourth-order valence-corrected chi connectivity index (χ4v) is 2.97. The van der Waals surface area contributed by atoms with Gasteiger partial charge in [-0.15, -0.1) is 0 Å². The molecule has 1 aliphatic rings. The Kier molecular flexibility index (Phi) is 3.76. The number of hydrogen-bond donors (Lipinski definition) is 0. The maximum atomic E-state index is 12.9. The fourth-order valence-electron chi connectivity index (χ4n) is 2.97. The second-order valence-corrected chi connectivity index (χ2v) is 5.49. The van der Waals surface area contributed by atoms with E-state index < -0.39 is 0 Å². The first-order chi connectivity index (χ1) is 10.2. The molecule has 1 heterocycles. The molecule has 3 nitrogen and oxygen atoms in total. The first kappa shape index (κ1) is 13.8. The van der Waals surface area contributed by atoms with E-state index >= 15 is 0 Å². The average Bonchev–Trinajstić information content (AvgIpc) is 2.83. The minimum Gasteiger partial charge on any atom is -0.380 e. The van der Waals surface area contributed by atoms with E-state index in [1.54, 1.807) is 7.11 Å². The normalized spacial score (nSPS) is 16.9. The van der Waals surface area contributed by atoms with Crippen LogP contribution in [0.3, 0.4) is 0 Å². The first-order valence-corrected chi connectivity index (χ1v) is 7.20. The molecule has 0 aromatic heterocycles. The number of hydrogen-bond acceptors (Lipinski definition) is 2. The smallest absolute Gasteiger partial charge is 0.258 e. The van der Waals surface area contributed by atoms with E-state index in [-0.39, 0.29) is 11.9 Å². The highest BCUT2D eigenvalue weighted by Gasteiger charge is 2.31. The lowest BCUT2D eigenvalue weighted by Crippen LogP contribution is -2.35. The molecular weight excluding hydrogens is 262 g/mol. The fraction of sp³-hybridized carbons (Fsp3) is 0.278. The highest BCUT2D eigenvalue weighted by molar-refractivity contribution is 6.07. The number of benzene rings is 2. The second kappa shape index (κ2) is 5.70. The molecule has 0 fully saturated rings. The number of carbonyl (C=O) groups is 1. The van der Waals surface area contributed by atoms with Crippen molar-refractivity contribution in [3.8, 4) is 0 Å². The van der Waals surface area contributed by atoms with Crippen molar-refractivity contribution in [2.75, 3.05) is 12.0 Å². The van der Waals surface area contributed by atoms with Gasteiger partial charge in [0.2, 0.25) is 0 Å². The van der Waals surface area contributed by atoms with Crippen molar-refractivity contribution in [1.29, 1.82) is 0 Å². The van der Waals surface area contributed by atoms with E-state index in [9.17, 15) is 4.79 Å². The molecule has 21 heavy (non-hydrogen) atoms. The van der Waals surface area contributed by atoms with Crippen LogP contribution in [-0.4, -0.2) is 19.1 Å². The van der Waals surface area contributed by atoms with Crippen molar-refractivity contribution in [1.82, 2.24) is 0 Å². The molecule has 1 unspecified atom stereocenters. The quantitative estimate of drug-likeness (QED) is 0.862. The third-order valence-electron chi connectivity index (χ3n) is 3.91. The van der Waals surface area contributed by atoms with Crippen LogP contribution in [-0.2, 0) is 17.8 Å². The summed E-state index contributed by atoms with van der Waals surface area (Å²) in [7, 11) is 1.66. The molecule has 0 radical (unpaired) electrons. The van der Waals surface area contributed by atoms with Crippen molar-refractivity contribution in [2.24, 2.45) is 0 Å². The Morgan fingerprint density at radius 3 is 2.86 bits per heavy atom. The summed E-state index contributed by atoms with van der Waals surface area (Å²) in [6, 6.07) is 16.0. The van der Waals surface area contributed by atoms with Gasteiger partial charge in [0.15, 0.2) is 0 Å². The zero-order valence-electron chi connectivity index (χ0n) is 12.4. The van der Waals surface area contributed by atoms with Gasteiger partial charge in [-0.05, 0) is 42.7 Å². The maximum absolute atomic E-state index is 12.9. The molecule has 1 atom stereocenters. The third-order valence-corrected chi connectivity index (χ3v) is 3.91. The highest BCUT2D eigenvalue weighted by atomic mass is 16.5. The first-order valence-electron chi connectivity index (χ1n) is 7.20. The summed E-state index contributed by atoms with van der Waals surface area (Å²) >= 11 is 0. The van der Waals surface area contributed by atoms with E-state index in [2.05, 4.69) is 13.0 Å². The number of rotatable bonds is 3. The average molecular weight is 281 g/mol. The van der Waals surface area contributed by atoms with Gasteiger partial charge in [0, 0.05) is 24.4 Å². The third kappa shape index (κ3) is 2.57. The van der Waals surface area contributed by atoms with Crippen LogP contribution in [0.1, 0.15) is 28.4 Å². The second-order valence-electron chi connectivity index (χ2n) is 5.49. The van der Waals surface area contributed by atoms with Crippen LogP contribution in [0.5, 0.6) is 0 Å². The summed E-state index contributed by atoms with van der Waals surface area (Å²) in [6.45, 7) is 2.62. The largest absolute Gasteiger partial charge is 0.380 e. The summed E-state index contributed by atoms with van der Waals surface area (Å²) in [5.74, 6) is 0.0606. The number of methoxy groups -OCH3 is 1. The molecule has 0 aliphatic carbocycles. The predicted octanol–water partition coefficient (Wildman–Crippen LogP) is 3.42. The lowest BCUT2D eigenvalue weighted by atomic mass is 10.1. The minimum atomic E-state index is 0.0606. The summed E-state index contributed by atoms with van der Waals surface area (Å²) in [4.78, 5) is 14.8. The topological polar surface area (TPSA) is 29.5 Å². The van der Waals surface area contributed by atoms with Crippen LogP contribution in [0.25, 0.3) is 0 Å². The van der Waals surface area contributed by atoms with Gasteiger partial charge in [0.05, 0.1) is 6.61 Å². The lowest BCUT2D eigenvalue weighted by Gasteiger charge is -2.23. The van der Waals surface area contributed by atoms with E-state index in [1.165, 1.54) is 5.56 Å². The van der Waals surface area contributed by atoms with E-state index in [0.29, 0.717) is 12.2 Å². The van der Waals surface area contributed by atoms with Crippen LogP contribution in [0.2, 0.25) is 0 Å². The summed E-state index contributed by atoms with van der Waals surface area (Å²) in [5.41, 5.74) is 4.01. The summed E-state index contributed by atoms with van der Waals surface area (Å²) in [5, 5.41) is 0. The molecule has 0 saturated carbocycles. The van der Waals surface area contributed by atoms with Gasteiger partial charge in [0.1, 0.15) is 0 Å². The Hall–Kier alpha value is -2.13. The number of nitrogens with zero attached hydrogens (tertiary/aromatic N) is 1. The van der Waals surface area contributed by atoms with Gasteiger partial charge in [0.25, 0.3) is 5.91 Å². The molecule has 1 aliphatic heterocycles. The van der Waals surface area contributed by atoms with Gasteiger partial charge >= 0.3 is 0 Å².